The summed E-state index contributed by atoms with van der Waals surface area (Å²) in [5.41, 5.74) is 3.03. The van der Waals surface area contributed by atoms with Crippen molar-refractivity contribution in [1.82, 2.24) is 9.55 Å². The molecule has 1 radical (unpaired) electrons. The number of fused-ring (bicyclic) bond motifs is 2. The van der Waals surface area contributed by atoms with Crippen LogP contribution in [0.3, 0.4) is 0 Å². The fourth-order valence-corrected chi connectivity index (χ4v) is 3.62. The second-order valence-corrected chi connectivity index (χ2v) is 6.78. The van der Waals surface area contributed by atoms with Crippen molar-refractivity contribution in [2.24, 2.45) is 0 Å². The number of aryl methyl sites for hydroxylation is 2. The van der Waals surface area contributed by atoms with Crippen LogP contribution in [0.25, 0.3) is 16.7 Å². The van der Waals surface area contributed by atoms with E-state index in [2.05, 4.69) is 23.4 Å². The number of hydrogen-bond acceptors (Lipinski definition) is 2. The molecule has 1 aliphatic carbocycles. The fourth-order valence-electron chi connectivity index (χ4n) is 3.62. The molecule has 0 fully saturated rings. The summed E-state index contributed by atoms with van der Waals surface area (Å²) < 4.78 is 48.3. The molecule has 3 nitrogen and oxygen atoms in total. The zero-order chi connectivity index (χ0) is 19.3. The largest absolute Gasteiger partial charge is 0.457 e. The SMILES string of the molecule is Fc1cc2n[c]n(-c3ccc(Oc4ccc5c(c4)CCC5)cc3)c2c(F)c1F. The molecule has 1 heterocycles. The van der Waals surface area contributed by atoms with E-state index in [4.69, 9.17) is 4.74 Å². The lowest BCUT2D eigenvalue weighted by molar-refractivity contribution is 0.452. The molecule has 139 valence electrons. The first-order valence-electron chi connectivity index (χ1n) is 8.94. The van der Waals surface area contributed by atoms with Crippen LogP contribution in [-0.4, -0.2) is 9.55 Å². The van der Waals surface area contributed by atoms with Crippen molar-refractivity contribution in [3.05, 3.63) is 83.4 Å². The van der Waals surface area contributed by atoms with Gasteiger partial charge in [-0.1, -0.05) is 6.07 Å². The molecule has 0 saturated carbocycles. The highest BCUT2D eigenvalue weighted by Gasteiger charge is 2.19. The van der Waals surface area contributed by atoms with Gasteiger partial charge in [0.1, 0.15) is 17.0 Å². The van der Waals surface area contributed by atoms with Crippen molar-refractivity contribution in [1.29, 1.82) is 0 Å². The van der Waals surface area contributed by atoms with Crippen molar-refractivity contribution in [3.63, 3.8) is 0 Å². The lowest BCUT2D eigenvalue weighted by atomic mass is 10.1. The lowest BCUT2D eigenvalue weighted by Gasteiger charge is -2.09. The molecule has 5 rings (SSSR count). The van der Waals surface area contributed by atoms with Crippen molar-refractivity contribution >= 4 is 11.0 Å². The smallest absolute Gasteiger partial charge is 0.196 e. The maximum atomic E-state index is 14.2. The van der Waals surface area contributed by atoms with Gasteiger partial charge in [0.05, 0.1) is 5.52 Å². The van der Waals surface area contributed by atoms with Crippen molar-refractivity contribution in [2.45, 2.75) is 19.3 Å². The van der Waals surface area contributed by atoms with Gasteiger partial charge in [0, 0.05) is 11.8 Å². The average molecular weight is 379 g/mol. The van der Waals surface area contributed by atoms with E-state index in [1.54, 1.807) is 24.3 Å². The first-order chi connectivity index (χ1) is 13.6. The van der Waals surface area contributed by atoms with Gasteiger partial charge in [-0.2, -0.15) is 0 Å². The molecule has 28 heavy (non-hydrogen) atoms. The highest BCUT2D eigenvalue weighted by Crippen LogP contribution is 2.30. The summed E-state index contributed by atoms with van der Waals surface area (Å²) in [5, 5.41) is 0. The van der Waals surface area contributed by atoms with Crippen molar-refractivity contribution in [3.8, 4) is 17.2 Å². The minimum absolute atomic E-state index is 0.00475. The minimum atomic E-state index is -1.53. The van der Waals surface area contributed by atoms with Crippen molar-refractivity contribution in [2.75, 3.05) is 0 Å². The van der Waals surface area contributed by atoms with Gasteiger partial charge in [-0.25, -0.2) is 18.2 Å². The third-order valence-electron chi connectivity index (χ3n) is 5.01. The molecule has 0 spiro atoms. The van der Waals surface area contributed by atoms with Gasteiger partial charge in [0.25, 0.3) is 0 Å². The molecule has 0 aliphatic heterocycles. The Hall–Kier alpha value is -3.28. The first kappa shape index (κ1) is 16.9. The Morgan fingerprint density at radius 1 is 0.857 bits per heavy atom. The molecule has 0 N–H and O–H groups in total. The number of halogens is 3. The van der Waals surface area contributed by atoms with Crippen LogP contribution in [0.2, 0.25) is 0 Å². The van der Waals surface area contributed by atoms with E-state index >= 15 is 0 Å². The number of aromatic nitrogens is 2. The molecule has 0 atom stereocenters. The van der Waals surface area contributed by atoms with E-state index in [1.165, 1.54) is 22.1 Å². The van der Waals surface area contributed by atoms with E-state index in [0.717, 1.165) is 24.7 Å². The summed E-state index contributed by atoms with van der Waals surface area (Å²) in [6.07, 6.45) is 5.92. The van der Waals surface area contributed by atoms with Crippen LogP contribution in [0.15, 0.2) is 48.5 Å². The van der Waals surface area contributed by atoms with E-state index in [9.17, 15) is 13.2 Å². The van der Waals surface area contributed by atoms with Gasteiger partial charge in [-0.15, -0.1) is 0 Å². The fraction of sp³-hybridized carbons (Fsp3) is 0.136. The summed E-state index contributed by atoms with van der Waals surface area (Å²) in [7, 11) is 0. The van der Waals surface area contributed by atoms with Crippen LogP contribution in [0.1, 0.15) is 17.5 Å². The Labute approximate surface area is 159 Å². The number of ether oxygens (including phenoxy) is 1. The van der Waals surface area contributed by atoms with Crippen LogP contribution in [0.5, 0.6) is 11.5 Å². The zero-order valence-electron chi connectivity index (χ0n) is 14.7. The van der Waals surface area contributed by atoms with E-state index < -0.39 is 17.5 Å². The Bertz CT molecular complexity index is 1200. The second kappa shape index (κ2) is 6.41. The lowest BCUT2D eigenvalue weighted by Crippen LogP contribution is -1.98. The monoisotopic (exact) mass is 379 g/mol. The number of nitrogens with zero attached hydrogens (tertiary/aromatic N) is 2. The predicted molar refractivity (Wildman–Crippen MR) is 98.3 cm³/mol. The number of rotatable bonds is 3. The third kappa shape index (κ3) is 2.72. The topological polar surface area (TPSA) is 27.1 Å². The van der Waals surface area contributed by atoms with Crippen LogP contribution >= 0.6 is 0 Å². The van der Waals surface area contributed by atoms with E-state index in [-0.39, 0.29) is 11.0 Å². The van der Waals surface area contributed by atoms with Crippen LogP contribution in [0.4, 0.5) is 13.2 Å². The summed E-state index contributed by atoms with van der Waals surface area (Å²) in [6, 6.07) is 13.8. The molecule has 3 aromatic carbocycles. The molecule has 4 aromatic rings. The number of hydrogen-bond donors (Lipinski definition) is 0. The first-order valence-corrected chi connectivity index (χ1v) is 8.94. The normalized spacial score (nSPS) is 13.1. The zero-order valence-corrected chi connectivity index (χ0v) is 14.7. The van der Waals surface area contributed by atoms with Gasteiger partial charge >= 0.3 is 0 Å². The highest BCUT2D eigenvalue weighted by atomic mass is 19.2. The van der Waals surface area contributed by atoms with Gasteiger partial charge < -0.3 is 4.74 Å². The number of benzene rings is 3. The Kier molecular flexibility index (Phi) is 3.86. The Balaban J connectivity index is 1.46. The molecule has 6 heteroatoms. The minimum Gasteiger partial charge on any atom is -0.457 e. The maximum absolute atomic E-state index is 14.2. The summed E-state index contributed by atoms with van der Waals surface area (Å²) in [5.74, 6) is -2.72. The summed E-state index contributed by atoms with van der Waals surface area (Å²) >= 11 is 0. The van der Waals surface area contributed by atoms with Crippen LogP contribution in [0, 0.1) is 23.8 Å². The molecule has 1 aliphatic rings. The molecular weight excluding hydrogens is 365 g/mol. The highest BCUT2D eigenvalue weighted by molar-refractivity contribution is 5.78. The maximum Gasteiger partial charge on any atom is 0.196 e. The Morgan fingerprint density at radius 2 is 1.61 bits per heavy atom. The quantitative estimate of drug-likeness (QED) is 0.438. The van der Waals surface area contributed by atoms with Crippen molar-refractivity contribution < 1.29 is 17.9 Å². The Morgan fingerprint density at radius 3 is 2.43 bits per heavy atom. The molecule has 0 unspecified atom stereocenters. The molecule has 0 bridgehead atoms. The predicted octanol–water partition coefficient (Wildman–Crippen LogP) is 5.52. The van der Waals surface area contributed by atoms with E-state index in [1.807, 2.05) is 6.07 Å². The molecule has 1 aromatic heterocycles. The van der Waals surface area contributed by atoms with Gasteiger partial charge in [-0.05, 0) is 66.8 Å². The standard InChI is InChI=1S/C22H14F3N2O/c23-18-11-19-22(21(25)20(18)24)27(12-26-19)15-5-8-16(9-6-15)28-17-7-4-13-2-1-3-14(13)10-17/h4-11H,1-3H2. The number of imidazole rings is 1. The molecular formula is C22H14F3N2O. The average Bonchev–Trinajstić information content (AvgIpc) is 3.33. The van der Waals surface area contributed by atoms with Crippen LogP contribution < -0.4 is 4.74 Å². The van der Waals surface area contributed by atoms with Gasteiger partial charge in [-0.3, -0.25) is 4.57 Å². The molecule has 0 amide bonds. The van der Waals surface area contributed by atoms with Gasteiger partial charge in [0.2, 0.25) is 0 Å². The van der Waals surface area contributed by atoms with E-state index in [0.29, 0.717) is 11.4 Å². The van der Waals surface area contributed by atoms with Crippen LogP contribution in [-0.2, 0) is 12.8 Å². The third-order valence-corrected chi connectivity index (χ3v) is 5.01. The second-order valence-electron chi connectivity index (χ2n) is 6.78. The van der Waals surface area contributed by atoms with Gasteiger partial charge in [0.15, 0.2) is 23.8 Å². The summed E-state index contributed by atoms with van der Waals surface area (Å²) in [6.45, 7) is 0. The summed E-state index contributed by atoms with van der Waals surface area (Å²) in [4.78, 5) is 3.84. The molecule has 0 saturated heterocycles.